The molecule has 102 valence electrons. The van der Waals surface area contributed by atoms with E-state index in [0.717, 1.165) is 11.3 Å². The fourth-order valence-electron chi connectivity index (χ4n) is 1.54. The molecule has 0 spiro atoms. The summed E-state index contributed by atoms with van der Waals surface area (Å²) in [6.07, 6.45) is 2.47. The molecule has 0 aliphatic carbocycles. The molecule has 0 aliphatic heterocycles. The Morgan fingerprint density at radius 3 is 2.65 bits per heavy atom. The first-order valence-electron chi connectivity index (χ1n) is 6.13. The minimum atomic E-state index is 0.0122. The largest absolute Gasteiger partial charge is 0.360 e. The summed E-state index contributed by atoms with van der Waals surface area (Å²) in [5.74, 6) is 0.0829. The lowest BCUT2D eigenvalue weighted by Crippen LogP contribution is -2.21. The van der Waals surface area contributed by atoms with Crippen molar-refractivity contribution in [3.63, 3.8) is 0 Å². The SMILES string of the molecule is CN(C)C(=O)CCc1cccc(NC=C(C#N)C#N)c1. The topological polar surface area (TPSA) is 79.9 Å². The molecule has 0 unspecified atom stereocenters. The van der Waals surface area contributed by atoms with Crippen molar-refractivity contribution < 1.29 is 4.79 Å². The van der Waals surface area contributed by atoms with Crippen LogP contribution in [0.15, 0.2) is 36.0 Å². The number of nitrogens with zero attached hydrogens (tertiary/aromatic N) is 3. The first-order valence-corrected chi connectivity index (χ1v) is 6.13. The number of hydrogen-bond donors (Lipinski definition) is 1. The highest BCUT2D eigenvalue weighted by atomic mass is 16.2. The smallest absolute Gasteiger partial charge is 0.222 e. The van der Waals surface area contributed by atoms with E-state index in [9.17, 15) is 4.79 Å². The summed E-state index contributed by atoms with van der Waals surface area (Å²) in [5, 5.41) is 20.2. The molecule has 0 aliphatic rings. The predicted octanol–water partition coefficient (Wildman–Crippen LogP) is 2.05. The van der Waals surface area contributed by atoms with Gasteiger partial charge in [0.1, 0.15) is 17.7 Å². The number of allylic oxidation sites excluding steroid dienone is 1. The summed E-state index contributed by atoms with van der Waals surface area (Å²) in [7, 11) is 3.47. The molecule has 0 saturated heterocycles. The highest BCUT2D eigenvalue weighted by Gasteiger charge is 2.04. The zero-order valence-electron chi connectivity index (χ0n) is 11.6. The molecule has 1 aromatic rings. The minimum Gasteiger partial charge on any atom is -0.360 e. The Morgan fingerprint density at radius 1 is 1.35 bits per heavy atom. The Labute approximate surface area is 118 Å². The van der Waals surface area contributed by atoms with Crippen LogP contribution in [0.3, 0.4) is 0 Å². The van der Waals surface area contributed by atoms with Crippen LogP contribution in [0.5, 0.6) is 0 Å². The molecule has 1 N–H and O–H groups in total. The summed E-state index contributed by atoms with van der Waals surface area (Å²) < 4.78 is 0. The number of nitrogens with one attached hydrogen (secondary N) is 1. The fraction of sp³-hybridized carbons (Fsp3) is 0.267. The maximum Gasteiger partial charge on any atom is 0.222 e. The second-order valence-corrected chi connectivity index (χ2v) is 4.41. The molecule has 1 amide bonds. The molecule has 20 heavy (non-hydrogen) atoms. The molecule has 1 aromatic carbocycles. The van der Waals surface area contributed by atoms with Crippen molar-refractivity contribution in [2.45, 2.75) is 12.8 Å². The highest BCUT2D eigenvalue weighted by molar-refractivity contribution is 5.75. The number of carbonyl (C=O) groups is 1. The van der Waals surface area contributed by atoms with Gasteiger partial charge in [0.25, 0.3) is 0 Å². The summed E-state index contributed by atoms with van der Waals surface area (Å²) in [5.41, 5.74) is 1.81. The van der Waals surface area contributed by atoms with Crippen molar-refractivity contribution in [1.29, 1.82) is 10.5 Å². The Kier molecular flexibility index (Phi) is 5.80. The number of rotatable bonds is 5. The Hall–Kier alpha value is -2.79. The normalized spacial score (nSPS) is 9.00. The van der Waals surface area contributed by atoms with Gasteiger partial charge < -0.3 is 10.2 Å². The Bertz CT molecular complexity index is 575. The monoisotopic (exact) mass is 268 g/mol. The van der Waals surface area contributed by atoms with Crippen LogP contribution in [0, 0.1) is 22.7 Å². The van der Waals surface area contributed by atoms with Gasteiger partial charge >= 0.3 is 0 Å². The van der Waals surface area contributed by atoms with Crippen molar-refractivity contribution in [3.8, 4) is 12.1 Å². The first-order chi connectivity index (χ1) is 9.56. The van der Waals surface area contributed by atoms with Crippen LogP contribution in [0.4, 0.5) is 5.69 Å². The summed E-state index contributed by atoms with van der Waals surface area (Å²) >= 11 is 0. The van der Waals surface area contributed by atoms with Crippen LogP contribution < -0.4 is 5.32 Å². The first kappa shape index (κ1) is 15.3. The predicted molar refractivity (Wildman–Crippen MR) is 76.4 cm³/mol. The molecule has 1 rings (SSSR count). The number of benzene rings is 1. The van der Waals surface area contributed by atoms with Gasteiger partial charge in [-0.05, 0) is 24.1 Å². The van der Waals surface area contributed by atoms with E-state index < -0.39 is 0 Å². The second kappa shape index (κ2) is 7.60. The van der Waals surface area contributed by atoms with Crippen molar-refractivity contribution in [2.75, 3.05) is 19.4 Å². The van der Waals surface area contributed by atoms with E-state index in [1.165, 1.54) is 6.20 Å². The third-order valence-corrected chi connectivity index (χ3v) is 2.68. The molecule has 0 saturated carbocycles. The van der Waals surface area contributed by atoms with Gasteiger partial charge in [-0.3, -0.25) is 4.79 Å². The average molecular weight is 268 g/mol. The zero-order chi connectivity index (χ0) is 15.0. The minimum absolute atomic E-state index is 0.0122. The lowest BCUT2D eigenvalue weighted by molar-refractivity contribution is -0.128. The van der Waals surface area contributed by atoms with E-state index in [4.69, 9.17) is 10.5 Å². The quantitative estimate of drug-likeness (QED) is 0.829. The van der Waals surface area contributed by atoms with Gasteiger partial charge in [-0.1, -0.05) is 12.1 Å². The molecule has 0 fully saturated rings. The van der Waals surface area contributed by atoms with Gasteiger partial charge in [-0.25, -0.2) is 0 Å². The van der Waals surface area contributed by atoms with Gasteiger partial charge in [0.15, 0.2) is 0 Å². The number of hydrogen-bond acceptors (Lipinski definition) is 4. The Morgan fingerprint density at radius 2 is 2.05 bits per heavy atom. The van der Waals surface area contributed by atoms with Crippen LogP contribution in [0.1, 0.15) is 12.0 Å². The number of nitriles is 2. The average Bonchev–Trinajstić information content (AvgIpc) is 2.46. The van der Waals surface area contributed by atoms with E-state index in [2.05, 4.69) is 5.32 Å². The maximum absolute atomic E-state index is 11.5. The standard InChI is InChI=1S/C15H16N4O/c1-19(2)15(20)7-6-12-4-3-5-14(8-12)18-11-13(9-16)10-17/h3-5,8,11,18H,6-7H2,1-2H3. The van der Waals surface area contributed by atoms with E-state index in [0.29, 0.717) is 12.8 Å². The van der Waals surface area contributed by atoms with Crippen LogP contribution in [0.2, 0.25) is 0 Å². The van der Waals surface area contributed by atoms with Crippen molar-refractivity contribution >= 4 is 11.6 Å². The van der Waals surface area contributed by atoms with Gasteiger partial charge in [0.05, 0.1) is 0 Å². The lowest BCUT2D eigenvalue weighted by atomic mass is 10.1. The summed E-state index contributed by atoms with van der Waals surface area (Å²) in [6, 6.07) is 11.1. The third-order valence-electron chi connectivity index (χ3n) is 2.68. The molecular weight excluding hydrogens is 252 g/mol. The molecule has 5 heteroatoms. The molecule has 0 aromatic heterocycles. The van der Waals surface area contributed by atoms with Crippen LogP contribution in [0.25, 0.3) is 0 Å². The van der Waals surface area contributed by atoms with Crippen molar-refractivity contribution in [1.82, 2.24) is 4.90 Å². The molecule has 0 bridgehead atoms. The van der Waals surface area contributed by atoms with E-state index in [1.807, 2.05) is 24.3 Å². The third kappa shape index (κ3) is 4.83. The van der Waals surface area contributed by atoms with Gasteiger partial charge in [-0.2, -0.15) is 10.5 Å². The second-order valence-electron chi connectivity index (χ2n) is 4.41. The maximum atomic E-state index is 11.5. The molecule has 0 atom stereocenters. The summed E-state index contributed by atoms with van der Waals surface area (Å²) in [6.45, 7) is 0. The number of amides is 1. The van der Waals surface area contributed by atoms with Crippen molar-refractivity contribution in [2.24, 2.45) is 0 Å². The van der Waals surface area contributed by atoms with Crippen LogP contribution in [-0.2, 0) is 11.2 Å². The zero-order valence-corrected chi connectivity index (χ0v) is 11.6. The molecule has 0 heterocycles. The van der Waals surface area contributed by atoms with Gasteiger partial charge in [0, 0.05) is 32.4 Å². The van der Waals surface area contributed by atoms with Gasteiger partial charge in [-0.15, -0.1) is 0 Å². The van der Waals surface area contributed by atoms with Gasteiger partial charge in [0.2, 0.25) is 5.91 Å². The molecule has 0 radical (unpaired) electrons. The van der Waals surface area contributed by atoms with E-state index in [1.54, 1.807) is 31.1 Å². The summed E-state index contributed by atoms with van der Waals surface area (Å²) in [4.78, 5) is 13.1. The van der Waals surface area contributed by atoms with E-state index in [-0.39, 0.29) is 11.5 Å². The molecule has 5 nitrogen and oxygen atoms in total. The molecular formula is C15H16N4O. The van der Waals surface area contributed by atoms with E-state index >= 15 is 0 Å². The highest BCUT2D eigenvalue weighted by Crippen LogP contribution is 2.13. The number of anilines is 1. The van der Waals surface area contributed by atoms with Crippen LogP contribution in [-0.4, -0.2) is 24.9 Å². The lowest BCUT2D eigenvalue weighted by Gasteiger charge is -2.10. The van der Waals surface area contributed by atoms with Crippen molar-refractivity contribution in [3.05, 3.63) is 41.6 Å². The fourth-order valence-corrected chi connectivity index (χ4v) is 1.54. The number of aryl methyl sites for hydroxylation is 1. The van der Waals surface area contributed by atoms with Crippen LogP contribution >= 0.6 is 0 Å². The Balaban J connectivity index is 2.68. The number of carbonyl (C=O) groups excluding carboxylic acids is 1.